The molecule has 0 saturated carbocycles. The first-order chi connectivity index (χ1) is 13.8. The molecular weight excluding hydrogens is 421 g/mol. The first kappa shape index (κ1) is 20.7. The average molecular weight is 436 g/mol. The molecule has 1 N–H and O–H groups in total. The first-order valence-electron chi connectivity index (χ1n) is 8.36. The van der Waals surface area contributed by atoms with Crippen molar-refractivity contribution in [1.82, 2.24) is 15.1 Å². The van der Waals surface area contributed by atoms with Gasteiger partial charge < -0.3 is 5.32 Å². The molecule has 0 radical (unpaired) electrons. The number of sulfone groups is 1. The van der Waals surface area contributed by atoms with Crippen LogP contribution in [0.25, 0.3) is 0 Å². The van der Waals surface area contributed by atoms with Gasteiger partial charge in [-0.2, -0.15) is 5.10 Å². The molecule has 0 spiro atoms. The Labute approximate surface area is 170 Å². The third-order valence-electron chi connectivity index (χ3n) is 3.92. The van der Waals surface area contributed by atoms with Gasteiger partial charge in [-0.25, -0.2) is 17.5 Å². The Hall–Kier alpha value is -3.04. The maximum atomic E-state index is 13.4. The average Bonchev–Trinajstić information content (AvgIpc) is 2.69. The molecule has 1 heterocycles. The fourth-order valence-corrected chi connectivity index (χ4v) is 3.78. The van der Waals surface area contributed by atoms with E-state index in [-0.39, 0.29) is 11.4 Å². The standard InChI is InChI=1S/C19H15ClFN3O4S/c20-14-6-4-13(5-7-14)11-22-17(25)12-24-19(26)9-8-18(23-24)29(27,28)16-3-1-2-15(21)10-16/h1-10H,11-12H2,(H,22,25). The topological polar surface area (TPSA) is 98.1 Å². The highest BCUT2D eigenvalue weighted by Gasteiger charge is 2.21. The second kappa shape index (κ2) is 8.54. The summed E-state index contributed by atoms with van der Waals surface area (Å²) in [4.78, 5) is 23.8. The number of carbonyl (C=O) groups excluding carboxylic acids is 1. The van der Waals surface area contributed by atoms with Gasteiger partial charge in [-0.1, -0.05) is 29.8 Å². The largest absolute Gasteiger partial charge is 0.350 e. The van der Waals surface area contributed by atoms with Crippen molar-refractivity contribution < 1.29 is 17.6 Å². The molecule has 0 bridgehead atoms. The smallest absolute Gasteiger partial charge is 0.267 e. The predicted octanol–water partition coefficient (Wildman–Crippen LogP) is 2.18. The van der Waals surface area contributed by atoms with Crippen LogP contribution in [0.1, 0.15) is 5.56 Å². The molecule has 7 nitrogen and oxygen atoms in total. The van der Waals surface area contributed by atoms with Gasteiger partial charge in [0.15, 0.2) is 5.03 Å². The van der Waals surface area contributed by atoms with Crippen molar-refractivity contribution in [3.05, 3.63) is 87.4 Å². The van der Waals surface area contributed by atoms with Gasteiger partial charge in [0.2, 0.25) is 15.7 Å². The molecular formula is C19H15ClFN3O4S. The van der Waals surface area contributed by atoms with Crippen molar-refractivity contribution in [2.75, 3.05) is 0 Å². The molecule has 0 aliphatic rings. The van der Waals surface area contributed by atoms with Crippen LogP contribution in [0.3, 0.4) is 0 Å². The Bertz CT molecular complexity index is 1210. The maximum absolute atomic E-state index is 13.4. The lowest BCUT2D eigenvalue weighted by Gasteiger charge is -2.09. The minimum atomic E-state index is -4.15. The number of nitrogens with one attached hydrogen (secondary N) is 1. The van der Waals surface area contributed by atoms with Crippen molar-refractivity contribution in [3.8, 4) is 0 Å². The summed E-state index contributed by atoms with van der Waals surface area (Å²) >= 11 is 5.80. The van der Waals surface area contributed by atoms with E-state index in [1.165, 1.54) is 12.1 Å². The summed E-state index contributed by atoms with van der Waals surface area (Å²) < 4.78 is 39.3. The van der Waals surface area contributed by atoms with Crippen molar-refractivity contribution >= 4 is 27.3 Å². The second-order valence-corrected chi connectivity index (χ2v) is 8.36. The Morgan fingerprint density at radius 2 is 1.83 bits per heavy atom. The van der Waals surface area contributed by atoms with Crippen molar-refractivity contribution in [3.63, 3.8) is 0 Å². The molecule has 0 unspecified atom stereocenters. The van der Waals surface area contributed by atoms with Crippen LogP contribution in [0, 0.1) is 5.82 Å². The maximum Gasteiger partial charge on any atom is 0.267 e. The fourth-order valence-electron chi connectivity index (χ4n) is 2.44. The fraction of sp³-hybridized carbons (Fsp3) is 0.105. The lowest BCUT2D eigenvalue weighted by atomic mass is 10.2. The van der Waals surface area contributed by atoms with E-state index < -0.39 is 38.7 Å². The molecule has 3 rings (SSSR count). The highest BCUT2D eigenvalue weighted by molar-refractivity contribution is 7.91. The lowest BCUT2D eigenvalue weighted by Crippen LogP contribution is -2.33. The van der Waals surface area contributed by atoms with Gasteiger partial charge in [0, 0.05) is 17.6 Å². The number of rotatable bonds is 6. The SMILES string of the molecule is O=C(Cn1nc(S(=O)(=O)c2cccc(F)c2)ccc1=O)NCc1ccc(Cl)cc1. The number of nitrogens with zero attached hydrogens (tertiary/aromatic N) is 2. The zero-order chi connectivity index (χ0) is 21.0. The third kappa shape index (κ3) is 5.07. The highest BCUT2D eigenvalue weighted by Crippen LogP contribution is 2.18. The number of amides is 1. The number of hydrogen-bond acceptors (Lipinski definition) is 5. The summed E-state index contributed by atoms with van der Waals surface area (Å²) in [6.07, 6.45) is 0. The van der Waals surface area contributed by atoms with Crippen LogP contribution in [-0.2, 0) is 27.7 Å². The van der Waals surface area contributed by atoms with Gasteiger partial charge >= 0.3 is 0 Å². The first-order valence-corrected chi connectivity index (χ1v) is 10.2. The van der Waals surface area contributed by atoms with E-state index in [1.54, 1.807) is 24.3 Å². The Morgan fingerprint density at radius 3 is 2.52 bits per heavy atom. The number of aromatic nitrogens is 2. The molecule has 0 aliphatic carbocycles. The van der Waals surface area contributed by atoms with Gasteiger partial charge in [0.25, 0.3) is 5.56 Å². The molecule has 29 heavy (non-hydrogen) atoms. The Morgan fingerprint density at radius 1 is 1.10 bits per heavy atom. The van der Waals surface area contributed by atoms with Crippen LogP contribution < -0.4 is 10.9 Å². The quantitative estimate of drug-likeness (QED) is 0.640. The normalized spacial score (nSPS) is 11.2. The number of benzene rings is 2. The summed E-state index contributed by atoms with van der Waals surface area (Å²) in [5.74, 6) is -1.25. The van der Waals surface area contributed by atoms with Gasteiger partial charge in [0.1, 0.15) is 12.4 Å². The van der Waals surface area contributed by atoms with Gasteiger partial charge in [-0.3, -0.25) is 9.59 Å². The summed E-state index contributed by atoms with van der Waals surface area (Å²) in [5, 5.41) is 6.48. The van der Waals surface area contributed by atoms with Crippen molar-refractivity contribution in [1.29, 1.82) is 0 Å². The lowest BCUT2D eigenvalue weighted by molar-refractivity contribution is -0.122. The minimum absolute atomic E-state index is 0.200. The van der Waals surface area contributed by atoms with Gasteiger partial charge in [-0.15, -0.1) is 0 Å². The molecule has 2 aromatic carbocycles. The molecule has 0 aliphatic heterocycles. The van der Waals surface area contributed by atoms with Crippen molar-refractivity contribution in [2.24, 2.45) is 0 Å². The van der Waals surface area contributed by atoms with Crippen LogP contribution in [-0.4, -0.2) is 24.1 Å². The zero-order valence-electron chi connectivity index (χ0n) is 14.9. The van der Waals surface area contributed by atoms with Crippen LogP contribution in [0.4, 0.5) is 4.39 Å². The van der Waals surface area contributed by atoms with Crippen molar-refractivity contribution in [2.45, 2.75) is 23.0 Å². The Balaban J connectivity index is 1.77. The van der Waals surface area contributed by atoms with E-state index in [0.29, 0.717) is 5.02 Å². The second-order valence-electron chi connectivity index (χ2n) is 6.03. The number of halogens is 2. The summed E-state index contributed by atoms with van der Waals surface area (Å²) in [7, 11) is -4.15. The van der Waals surface area contributed by atoms with E-state index in [9.17, 15) is 22.4 Å². The molecule has 3 aromatic rings. The molecule has 1 amide bonds. The molecule has 150 valence electrons. The number of hydrogen-bond donors (Lipinski definition) is 1. The zero-order valence-corrected chi connectivity index (χ0v) is 16.5. The molecule has 1 aromatic heterocycles. The minimum Gasteiger partial charge on any atom is -0.350 e. The molecule has 10 heteroatoms. The highest BCUT2D eigenvalue weighted by atomic mass is 35.5. The van der Waals surface area contributed by atoms with Gasteiger partial charge in [-0.05, 0) is 42.0 Å². The summed E-state index contributed by atoms with van der Waals surface area (Å²) in [5.41, 5.74) is 0.148. The van der Waals surface area contributed by atoms with Crippen LogP contribution in [0.15, 0.2) is 75.4 Å². The van der Waals surface area contributed by atoms with E-state index in [4.69, 9.17) is 11.6 Å². The van der Waals surface area contributed by atoms with E-state index in [1.807, 2.05) is 0 Å². The van der Waals surface area contributed by atoms with Crippen LogP contribution >= 0.6 is 11.6 Å². The third-order valence-corrected chi connectivity index (χ3v) is 5.82. The van der Waals surface area contributed by atoms with Crippen LogP contribution in [0.5, 0.6) is 0 Å². The molecule has 0 atom stereocenters. The van der Waals surface area contributed by atoms with Crippen LogP contribution in [0.2, 0.25) is 5.02 Å². The van der Waals surface area contributed by atoms with E-state index in [0.717, 1.165) is 34.5 Å². The molecule has 0 saturated heterocycles. The summed E-state index contributed by atoms with van der Waals surface area (Å²) in [6, 6.07) is 13.3. The van der Waals surface area contributed by atoms with Gasteiger partial charge in [0.05, 0.1) is 4.90 Å². The van der Waals surface area contributed by atoms with E-state index >= 15 is 0 Å². The Kier molecular flexibility index (Phi) is 6.09. The summed E-state index contributed by atoms with van der Waals surface area (Å²) in [6.45, 7) is -0.273. The predicted molar refractivity (Wildman–Crippen MR) is 104 cm³/mol. The molecule has 0 fully saturated rings. The number of carbonyl (C=O) groups is 1. The monoisotopic (exact) mass is 435 g/mol. The van der Waals surface area contributed by atoms with E-state index in [2.05, 4.69) is 10.4 Å².